The number of nitrogens with zero attached hydrogens (tertiary/aromatic N) is 3. The van der Waals surface area contributed by atoms with E-state index in [9.17, 15) is 13.2 Å². The molecule has 0 saturated carbocycles. The van der Waals surface area contributed by atoms with E-state index in [1.54, 1.807) is 9.21 Å². The summed E-state index contributed by atoms with van der Waals surface area (Å²) in [6.07, 6.45) is 2.65. The molecule has 2 aliphatic rings. The van der Waals surface area contributed by atoms with Crippen LogP contribution < -0.4 is 0 Å². The van der Waals surface area contributed by atoms with E-state index in [1.807, 2.05) is 30.3 Å². The molecule has 9 heteroatoms. The minimum Gasteiger partial charge on any atom is -0.337 e. The quantitative estimate of drug-likeness (QED) is 0.859. The Bertz CT molecular complexity index is 930. The van der Waals surface area contributed by atoms with Crippen LogP contribution in [0.2, 0.25) is 5.02 Å². The number of fused-ring (bicyclic) bond motifs is 1. The maximum atomic E-state index is 12.7. The third-order valence-corrected chi connectivity index (χ3v) is 6.80. The van der Waals surface area contributed by atoms with Crippen LogP contribution in [0.5, 0.6) is 0 Å². The second kappa shape index (κ2) is 6.37. The molecule has 2 saturated heterocycles. The summed E-state index contributed by atoms with van der Waals surface area (Å²) in [5.41, 5.74) is 1.24. The third-order valence-electron chi connectivity index (χ3n) is 5.28. The maximum Gasteiger partial charge on any atom is 0.273 e. The SMILES string of the molecule is CS(=O)(=O)N1C[C@H]2CN(C(=O)c3[nH]ncc3Cl)C[C@H]2[C@@H]1c1ccccc1. The molecular weight excluding hydrogens is 376 g/mol. The van der Waals surface area contributed by atoms with E-state index in [-0.39, 0.29) is 29.5 Å². The standard InChI is InChI=1S/C17H19ClN4O3S/c1-26(24,25)22-9-12-8-21(17(23)15-14(18)7-19-20-15)10-13(12)16(22)11-5-3-2-4-6-11/h2-7,12-13,16H,8-10H2,1H3,(H,19,20)/t12-,13-,16+/m1/s1. The van der Waals surface area contributed by atoms with Crippen LogP contribution in [0, 0.1) is 11.8 Å². The van der Waals surface area contributed by atoms with Gasteiger partial charge in [0.15, 0.2) is 0 Å². The van der Waals surface area contributed by atoms with Crippen LogP contribution in [0.4, 0.5) is 0 Å². The molecule has 0 radical (unpaired) electrons. The molecule has 4 rings (SSSR count). The first kappa shape index (κ1) is 17.5. The lowest BCUT2D eigenvalue weighted by Gasteiger charge is -2.28. The highest BCUT2D eigenvalue weighted by Gasteiger charge is 2.51. The van der Waals surface area contributed by atoms with Crippen LogP contribution in [0.1, 0.15) is 22.1 Å². The van der Waals surface area contributed by atoms with Crippen LogP contribution in [0.25, 0.3) is 0 Å². The molecule has 2 aliphatic heterocycles. The van der Waals surface area contributed by atoms with E-state index < -0.39 is 10.0 Å². The minimum atomic E-state index is -3.34. The Labute approximate surface area is 157 Å². The zero-order chi connectivity index (χ0) is 18.5. The summed E-state index contributed by atoms with van der Waals surface area (Å²) in [7, 11) is -3.34. The first-order chi connectivity index (χ1) is 12.4. The van der Waals surface area contributed by atoms with Crippen molar-refractivity contribution in [2.75, 3.05) is 25.9 Å². The van der Waals surface area contributed by atoms with Gasteiger partial charge in [0.25, 0.3) is 5.91 Å². The minimum absolute atomic E-state index is 0.0535. The molecule has 1 amide bonds. The second-order valence-electron chi connectivity index (χ2n) is 6.92. The Kier molecular flexibility index (Phi) is 4.29. The van der Waals surface area contributed by atoms with Crippen LogP contribution >= 0.6 is 11.6 Å². The lowest BCUT2D eigenvalue weighted by atomic mass is 9.90. The number of benzene rings is 1. The molecule has 0 spiro atoms. The first-order valence-electron chi connectivity index (χ1n) is 8.36. The number of halogens is 1. The molecule has 138 valence electrons. The molecule has 2 aromatic rings. The average Bonchev–Trinajstić information content (AvgIpc) is 3.27. The number of hydrogen-bond acceptors (Lipinski definition) is 4. The average molecular weight is 395 g/mol. The van der Waals surface area contributed by atoms with Crippen LogP contribution in [0.15, 0.2) is 36.5 Å². The second-order valence-corrected chi connectivity index (χ2v) is 9.26. The molecule has 3 heterocycles. The molecular formula is C17H19ClN4O3S. The normalized spacial score (nSPS) is 26.2. The van der Waals surface area contributed by atoms with Crippen molar-refractivity contribution < 1.29 is 13.2 Å². The number of aromatic amines is 1. The third kappa shape index (κ3) is 2.91. The molecule has 0 unspecified atom stereocenters. The highest BCUT2D eigenvalue weighted by molar-refractivity contribution is 7.88. The number of likely N-dealkylation sites (tertiary alicyclic amines) is 1. The number of hydrogen-bond donors (Lipinski definition) is 1. The highest BCUT2D eigenvalue weighted by Crippen LogP contribution is 2.46. The van der Waals surface area contributed by atoms with Gasteiger partial charge in [0, 0.05) is 25.6 Å². The molecule has 0 bridgehead atoms. The van der Waals surface area contributed by atoms with E-state index >= 15 is 0 Å². The van der Waals surface area contributed by atoms with Gasteiger partial charge in [0.1, 0.15) is 5.69 Å². The van der Waals surface area contributed by atoms with Crippen molar-refractivity contribution in [3.8, 4) is 0 Å². The predicted molar refractivity (Wildman–Crippen MR) is 97.2 cm³/mol. The molecule has 26 heavy (non-hydrogen) atoms. The largest absolute Gasteiger partial charge is 0.337 e. The molecule has 1 aromatic heterocycles. The molecule has 3 atom stereocenters. The molecule has 2 fully saturated rings. The fraction of sp³-hybridized carbons (Fsp3) is 0.412. The summed E-state index contributed by atoms with van der Waals surface area (Å²) in [5, 5.41) is 6.74. The summed E-state index contributed by atoms with van der Waals surface area (Å²) < 4.78 is 26.2. The Morgan fingerprint density at radius 1 is 1.23 bits per heavy atom. The lowest BCUT2D eigenvalue weighted by Crippen LogP contribution is -2.37. The number of sulfonamides is 1. The number of nitrogens with one attached hydrogen (secondary N) is 1. The summed E-state index contributed by atoms with van der Waals surface area (Å²) in [6, 6.07) is 9.36. The van der Waals surface area contributed by atoms with Crippen molar-refractivity contribution in [2.45, 2.75) is 6.04 Å². The zero-order valence-electron chi connectivity index (χ0n) is 14.2. The van der Waals surface area contributed by atoms with Crippen molar-refractivity contribution in [1.82, 2.24) is 19.4 Å². The zero-order valence-corrected chi connectivity index (χ0v) is 15.7. The smallest absolute Gasteiger partial charge is 0.273 e. The number of amides is 1. The Morgan fingerprint density at radius 3 is 2.58 bits per heavy atom. The van der Waals surface area contributed by atoms with Crippen molar-refractivity contribution in [3.05, 3.63) is 52.8 Å². The number of H-pyrrole nitrogens is 1. The van der Waals surface area contributed by atoms with Crippen LogP contribution in [-0.2, 0) is 10.0 Å². The lowest BCUT2D eigenvalue weighted by molar-refractivity contribution is 0.0768. The highest BCUT2D eigenvalue weighted by atomic mass is 35.5. The van der Waals surface area contributed by atoms with Crippen molar-refractivity contribution in [1.29, 1.82) is 0 Å². The monoisotopic (exact) mass is 394 g/mol. The molecule has 0 aliphatic carbocycles. The van der Waals surface area contributed by atoms with Gasteiger partial charge in [-0.2, -0.15) is 9.40 Å². The van der Waals surface area contributed by atoms with Gasteiger partial charge in [-0.25, -0.2) is 8.42 Å². The van der Waals surface area contributed by atoms with Gasteiger partial charge in [0.05, 0.1) is 23.5 Å². The topological polar surface area (TPSA) is 86.4 Å². The van der Waals surface area contributed by atoms with E-state index in [4.69, 9.17) is 11.6 Å². The maximum absolute atomic E-state index is 12.7. The fourth-order valence-electron chi connectivity index (χ4n) is 4.16. The van der Waals surface area contributed by atoms with Gasteiger partial charge in [-0.3, -0.25) is 9.89 Å². The molecule has 1 N–H and O–H groups in total. The Morgan fingerprint density at radius 2 is 1.96 bits per heavy atom. The van der Waals surface area contributed by atoms with Crippen molar-refractivity contribution in [2.24, 2.45) is 11.8 Å². The Hall–Kier alpha value is -1.90. The summed E-state index contributed by atoms with van der Waals surface area (Å²) in [6.45, 7) is 1.42. The predicted octanol–water partition coefficient (Wildman–Crippen LogP) is 1.77. The van der Waals surface area contributed by atoms with Gasteiger partial charge < -0.3 is 4.90 Å². The van der Waals surface area contributed by atoms with Gasteiger partial charge in [-0.1, -0.05) is 41.9 Å². The van der Waals surface area contributed by atoms with Gasteiger partial charge in [0.2, 0.25) is 10.0 Å². The van der Waals surface area contributed by atoms with Crippen molar-refractivity contribution in [3.63, 3.8) is 0 Å². The van der Waals surface area contributed by atoms with Crippen LogP contribution in [0.3, 0.4) is 0 Å². The van der Waals surface area contributed by atoms with Gasteiger partial charge in [-0.05, 0) is 11.5 Å². The molecule has 1 aromatic carbocycles. The number of carbonyl (C=O) groups is 1. The Balaban J connectivity index is 1.63. The molecule has 7 nitrogen and oxygen atoms in total. The number of carbonyl (C=O) groups excluding carboxylic acids is 1. The number of rotatable bonds is 3. The fourth-order valence-corrected chi connectivity index (χ4v) is 5.48. The van der Waals surface area contributed by atoms with E-state index in [0.29, 0.717) is 24.7 Å². The van der Waals surface area contributed by atoms with Crippen LogP contribution in [-0.4, -0.2) is 59.6 Å². The first-order valence-corrected chi connectivity index (χ1v) is 10.6. The van der Waals surface area contributed by atoms with Gasteiger partial charge >= 0.3 is 0 Å². The van der Waals surface area contributed by atoms with Crippen molar-refractivity contribution >= 4 is 27.5 Å². The van der Waals surface area contributed by atoms with Gasteiger partial charge in [-0.15, -0.1) is 0 Å². The summed E-state index contributed by atoms with van der Waals surface area (Å²) in [5.74, 6) is -0.0435. The number of aromatic nitrogens is 2. The van der Waals surface area contributed by atoms with E-state index in [1.165, 1.54) is 12.5 Å². The summed E-state index contributed by atoms with van der Waals surface area (Å²) >= 11 is 6.01. The van der Waals surface area contributed by atoms with E-state index in [2.05, 4.69) is 10.2 Å². The van der Waals surface area contributed by atoms with E-state index in [0.717, 1.165) is 5.56 Å². The summed E-state index contributed by atoms with van der Waals surface area (Å²) in [4.78, 5) is 14.5.